The normalized spacial score (nSPS) is 11.2. The van der Waals surface area contributed by atoms with Crippen LogP contribution in [-0.4, -0.2) is 22.4 Å². The number of amides is 1. The van der Waals surface area contributed by atoms with Gasteiger partial charge < -0.3 is 9.32 Å². The summed E-state index contributed by atoms with van der Waals surface area (Å²) in [5.74, 6) is -0.313. The van der Waals surface area contributed by atoms with E-state index in [4.69, 9.17) is 4.42 Å². The fourth-order valence-corrected chi connectivity index (χ4v) is 3.50. The quantitative estimate of drug-likeness (QED) is 0.509. The maximum absolute atomic E-state index is 12.5. The van der Waals surface area contributed by atoms with Crippen LogP contribution < -0.4 is 5.76 Å². The second kappa shape index (κ2) is 7.72. The largest absolute Gasteiger partial charge is 0.419 e. The minimum Gasteiger partial charge on any atom is -0.408 e. The minimum absolute atomic E-state index is 0.0639. The van der Waals surface area contributed by atoms with Crippen molar-refractivity contribution < 1.29 is 9.21 Å². The second-order valence-electron chi connectivity index (χ2n) is 7.02. The molecule has 4 rings (SSSR count). The number of fused-ring (bicyclic) bond motifs is 2. The SMILES string of the molecule is CN(Cc1ccc2ccccc2c1)C(=O)CCCn1c(=O)oc2ccccc21. The number of para-hydroxylation sites is 2. The predicted molar refractivity (Wildman–Crippen MR) is 110 cm³/mol. The van der Waals surface area contributed by atoms with Crippen molar-refractivity contribution in [1.82, 2.24) is 9.47 Å². The van der Waals surface area contributed by atoms with Gasteiger partial charge in [0.25, 0.3) is 0 Å². The topological polar surface area (TPSA) is 55.5 Å². The number of hydrogen-bond donors (Lipinski definition) is 0. The number of benzene rings is 3. The highest BCUT2D eigenvalue weighted by molar-refractivity contribution is 5.83. The molecule has 0 saturated heterocycles. The van der Waals surface area contributed by atoms with E-state index in [9.17, 15) is 9.59 Å². The van der Waals surface area contributed by atoms with Crippen molar-refractivity contribution in [3.8, 4) is 0 Å². The van der Waals surface area contributed by atoms with E-state index in [0.29, 0.717) is 31.5 Å². The lowest BCUT2D eigenvalue weighted by Gasteiger charge is -2.17. The molecule has 0 aliphatic heterocycles. The average molecular weight is 374 g/mol. The summed E-state index contributed by atoms with van der Waals surface area (Å²) in [5.41, 5.74) is 2.45. The zero-order valence-corrected chi connectivity index (χ0v) is 15.8. The molecule has 0 aliphatic rings. The molecule has 0 N–H and O–H groups in total. The number of carbonyl (C=O) groups excluding carboxylic acids is 1. The van der Waals surface area contributed by atoms with Crippen LogP contribution in [0.5, 0.6) is 0 Å². The summed E-state index contributed by atoms with van der Waals surface area (Å²) >= 11 is 0. The van der Waals surface area contributed by atoms with Crippen molar-refractivity contribution in [3.05, 3.63) is 82.8 Å². The number of rotatable bonds is 6. The van der Waals surface area contributed by atoms with Crippen LogP contribution in [0.15, 0.2) is 75.9 Å². The lowest BCUT2D eigenvalue weighted by molar-refractivity contribution is -0.130. The molecule has 28 heavy (non-hydrogen) atoms. The third-order valence-electron chi connectivity index (χ3n) is 5.01. The molecular formula is C23H22N2O3. The lowest BCUT2D eigenvalue weighted by Crippen LogP contribution is -2.26. The van der Waals surface area contributed by atoms with E-state index in [1.807, 2.05) is 37.4 Å². The number of aromatic nitrogens is 1. The van der Waals surface area contributed by atoms with E-state index in [1.165, 1.54) is 10.8 Å². The molecule has 0 spiro atoms. The number of hydrogen-bond acceptors (Lipinski definition) is 3. The fourth-order valence-electron chi connectivity index (χ4n) is 3.50. The zero-order chi connectivity index (χ0) is 19.5. The van der Waals surface area contributed by atoms with Gasteiger partial charge in [-0.15, -0.1) is 0 Å². The van der Waals surface area contributed by atoms with Crippen LogP contribution in [0.2, 0.25) is 0 Å². The number of aryl methyl sites for hydroxylation is 1. The minimum atomic E-state index is -0.377. The summed E-state index contributed by atoms with van der Waals surface area (Å²) in [4.78, 5) is 26.2. The Morgan fingerprint density at radius 2 is 1.75 bits per heavy atom. The van der Waals surface area contributed by atoms with Gasteiger partial charge in [0.05, 0.1) is 5.52 Å². The van der Waals surface area contributed by atoms with Crippen LogP contribution in [-0.2, 0) is 17.9 Å². The Bertz CT molecular complexity index is 1190. The van der Waals surface area contributed by atoms with Gasteiger partial charge in [0.15, 0.2) is 5.58 Å². The van der Waals surface area contributed by atoms with E-state index in [2.05, 4.69) is 30.3 Å². The zero-order valence-electron chi connectivity index (χ0n) is 15.8. The first-order valence-corrected chi connectivity index (χ1v) is 9.42. The Balaban J connectivity index is 1.36. The van der Waals surface area contributed by atoms with Gasteiger partial charge in [-0.25, -0.2) is 4.79 Å². The van der Waals surface area contributed by atoms with Gasteiger partial charge in [0, 0.05) is 26.6 Å². The van der Waals surface area contributed by atoms with Crippen molar-refractivity contribution in [2.45, 2.75) is 25.9 Å². The molecule has 5 heteroatoms. The summed E-state index contributed by atoms with van der Waals surface area (Å²) < 4.78 is 6.82. The van der Waals surface area contributed by atoms with Crippen LogP contribution in [0.25, 0.3) is 21.9 Å². The summed E-state index contributed by atoms with van der Waals surface area (Å²) in [5, 5.41) is 2.37. The standard InChI is InChI=1S/C23H22N2O3/c1-24(16-17-12-13-18-7-2-3-8-19(18)15-17)22(26)11-6-14-25-20-9-4-5-10-21(20)28-23(25)27/h2-5,7-10,12-13,15H,6,11,14,16H2,1H3. The predicted octanol–water partition coefficient (Wildman–Crippen LogP) is 4.19. The maximum atomic E-state index is 12.5. The first-order chi connectivity index (χ1) is 13.6. The lowest BCUT2D eigenvalue weighted by atomic mass is 10.1. The molecule has 0 saturated carbocycles. The molecule has 0 fully saturated rings. The van der Waals surface area contributed by atoms with E-state index < -0.39 is 0 Å². The highest BCUT2D eigenvalue weighted by Gasteiger charge is 2.12. The van der Waals surface area contributed by atoms with Crippen molar-refractivity contribution in [1.29, 1.82) is 0 Å². The molecule has 3 aromatic carbocycles. The summed E-state index contributed by atoms with van der Waals surface area (Å²) in [6.07, 6.45) is 0.973. The average Bonchev–Trinajstić information content (AvgIpc) is 3.03. The summed E-state index contributed by atoms with van der Waals surface area (Å²) in [6, 6.07) is 21.8. The highest BCUT2D eigenvalue weighted by Crippen LogP contribution is 2.17. The Morgan fingerprint density at radius 1 is 1.00 bits per heavy atom. The molecule has 1 aromatic heterocycles. The maximum Gasteiger partial charge on any atom is 0.419 e. The third-order valence-corrected chi connectivity index (χ3v) is 5.01. The number of nitrogens with zero attached hydrogens (tertiary/aromatic N) is 2. The van der Waals surface area contributed by atoms with E-state index in [1.54, 1.807) is 15.5 Å². The van der Waals surface area contributed by atoms with Crippen LogP contribution >= 0.6 is 0 Å². The molecule has 0 radical (unpaired) electrons. The first-order valence-electron chi connectivity index (χ1n) is 9.42. The van der Waals surface area contributed by atoms with Gasteiger partial charge in [-0.1, -0.05) is 48.5 Å². The van der Waals surface area contributed by atoms with Crippen LogP contribution in [0.1, 0.15) is 18.4 Å². The highest BCUT2D eigenvalue weighted by atomic mass is 16.4. The van der Waals surface area contributed by atoms with Crippen LogP contribution in [0, 0.1) is 0 Å². The molecule has 5 nitrogen and oxygen atoms in total. The van der Waals surface area contributed by atoms with Gasteiger partial charge in [-0.05, 0) is 41.0 Å². The molecule has 0 atom stereocenters. The van der Waals surface area contributed by atoms with Gasteiger partial charge in [-0.2, -0.15) is 0 Å². The first kappa shape index (κ1) is 18.0. The molecular weight excluding hydrogens is 352 g/mol. The Morgan fingerprint density at radius 3 is 2.61 bits per heavy atom. The number of carbonyl (C=O) groups is 1. The molecule has 0 unspecified atom stereocenters. The van der Waals surface area contributed by atoms with Crippen molar-refractivity contribution >= 4 is 27.8 Å². The van der Waals surface area contributed by atoms with Crippen molar-refractivity contribution in [2.75, 3.05) is 7.05 Å². The third kappa shape index (κ3) is 3.69. The summed E-state index contributed by atoms with van der Waals surface area (Å²) in [6.45, 7) is 1.03. The van der Waals surface area contributed by atoms with E-state index >= 15 is 0 Å². The van der Waals surface area contributed by atoms with Crippen LogP contribution in [0.4, 0.5) is 0 Å². The van der Waals surface area contributed by atoms with Crippen molar-refractivity contribution in [2.24, 2.45) is 0 Å². The van der Waals surface area contributed by atoms with Crippen LogP contribution in [0.3, 0.4) is 0 Å². The van der Waals surface area contributed by atoms with Gasteiger partial charge in [0.1, 0.15) is 0 Å². The molecule has 4 aromatic rings. The molecule has 1 amide bonds. The van der Waals surface area contributed by atoms with Crippen molar-refractivity contribution in [3.63, 3.8) is 0 Å². The van der Waals surface area contributed by atoms with Gasteiger partial charge >= 0.3 is 5.76 Å². The smallest absolute Gasteiger partial charge is 0.408 e. The van der Waals surface area contributed by atoms with E-state index in [0.717, 1.165) is 11.1 Å². The fraction of sp³-hybridized carbons (Fsp3) is 0.217. The monoisotopic (exact) mass is 374 g/mol. The van der Waals surface area contributed by atoms with E-state index in [-0.39, 0.29) is 11.7 Å². The molecule has 142 valence electrons. The second-order valence-corrected chi connectivity index (χ2v) is 7.02. The van der Waals surface area contributed by atoms with Gasteiger partial charge in [-0.3, -0.25) is 9.36 Å². The Hall–Kier alpha value is -3.34. The number of oxazole rings is 1. The Kier molecular flexibility index (Phi) is 4.98. The van der Waals surface area contributed by atoms with Gasteiger partial charge in [0.2, 0.25) is 5.91 Å². The molecule has 0 bridgehead atoms. The molecule has 1 heterocycles. The Labute approximate surface area is 162 Å². The summed E-state index contributed by atoms with van der Waals surface area (Å²) in [7, 11) is 1.82. The molecule has 0 aliphatic carbocycles.